The molecule has 2 N–H and O–H groups in total. The standard InChI is InChI=1S/C23H17N3O2/c27-23(25-16-11-9-15(10-12-16)19-13-14-24-26-19)22-17-5-1-3-7-20(17)28-21-8-4-2-6-18(21)22/h1-14,22H,(H,24,26)(H,25,27). The van der Waals surface area contributed by atoms with E-state index in [1.165, 1.54) is 0 Å². The first-order valence-electron chi connectivity index (χ1n) is 9.06. The lowest BCUT2D eigenvalue weighted by atomic mass is 9.87. The molecule has 3 aromatic carbocycles. The normalized spacial score (nSPS) is 12.6. The third kappa shape index (κ3) is 2.83. The molecular formula is C23H17N3O2. The number of nitrogens with zero attached hydrogens (tertiary/aromatic N) is 1. The lowest BCUT2D eigenvalue weighted by Gasteiger charge is -2.27. The number of amides is 1. The average molecular weight is 367 g/mol. The molecule has 1 aliphatic heterocycles. The Morgan fingerprint density at radius 3 is 2.11 bits per heavy atom. The molecule has 136 valence electrons. The first-order chi connectivity index (χ1) is 13.8. The molecule has 0 atom stereocenters. The van der Waals surface area contributed by atoms with Gasteiger partial charge in [0.15, 0.2) is 0 Å². The molecule has 28 heavy (non-hydrogen) atoms. The van der Waals surface area contributed by atoms with Crippen molar-refractivity contribution < 1.29 is 9.53 Å². The third-order valence-electron chi connectivity index (χ3n) is 4.91. The Labute approximate surface area is 162 Å². The maximum absolute atomic E-state index is 13.2. The predicted molar refractivity (Wildman–Crippen MR) is 107 cm³/mol. The zero-order valence-electron chi connectivity index (χ0n) is 14.9. The van der Waals surface area contributed by atoms with E-state index in [0.717, 1.165) is 39.6 Å². The van der Waals surface area contributed by atoms with Gasteiger partial charge in [0, 0.05) is 23.0 Å². The molecule has 0 fully saturated rings. The molecule has 1 aromatic heterocycles. The largest absolute Gasteiger partial charge is 0.457 e. The summed E-state index contributed by atoms with van der Waals surface area (Å²) in [5.41, 5.74) is 4.43. The van der Waals surface area contributed by atoms with Crippen molar-refractivity contribution >= 4 is 11.6 Å². The van der Waals surface area contributed by atoms with Crippen molar-refractivity contribution in [3.8, 4) is 22.8 Å². The summed E-state index contributed by atoms with van der Waals surface area (Å²) in [7, 11) is 0. The van der Waals surface area contributed by atoms with Crippen LogP contribution in [-0.2, 0) is 4.79 Å². The minimum absolute atomic E-state index is 0.0857. The highest BCUT2D eigenvalue weighted by Crippen LogP contribution is 2.44. The van der Waals surface area contributed by atoms with Crippen LogP contribution in [0, 0.1) is 0 Å². The van der Waals surface area contributed by atoms with Gasteiger partial charge in [-0.2, -0.15) is 5.10 Å². The fraction of sp³-hybridized carbons (Fsp3) is 0.0435. The van der Waals surface area contributed by atoms with Crippen molar-refractivity contribution in [2.45, 2.75) is 5.92 Å². The molecule has 0 saturated carbocycles. The molecule has 4 aromatic rings. The molecule has 5 rings (SSSR count). The number of aromatic nitrogens is 2. The second-order valence-electron chi connectivity index (χ2n) is 6.65. The Kier molecular flexibility index (Phi) is 3.91. The van der Waals surface area contributed by atoms with Gasteiger partial charge in [0.05, 0.1) is 11.6 Å². The number of anilines is 1. The van der Waals surface area contributed by atoms with Crippen LogP contribution < -0.4 is 10.1 Å². The fourth-order valence-electron chi connectivity index (χ4n) is 3.56. The summed E-state index contributed by atoms with van der Waals surface area (Å²) in [6, 6.07) is 24.9. The van der Waals surface area contributed by atoms with Crippen LogP contribution in [0.4, 0.5) is 5.69 Å². The molecule has 1 amide bonds. The van der Waals surface area contributed by atoms with Gasteiger partial charge in [0.2, 0.25) is 5.91 Å². The molecule has 5 heteroatoms. The van der Waals surface area contributed by atoms with Crippen molar-refractivity contribution in [3.63, 3.8) is 0 Å². The van der Waals surface area contributed by atoms with Crippen LogP contribution in [0.1, 0.15) is 17.0 Å². The summed E-state index contributed by atoms with van der Waals surface area (Å²) in [6.07, 6.45) is 1.71. The molecule has 2 heterocycles. The van der Waals surface area contributed by atoms with Gasteiger partial charge in [-0.05, 0) is 35.9 Å². The van der Waals surface area contributed by atoms with E-state index in [4.69, 9.17) is 4.74 Å². The van der Waals surface area contributed by atoms with Gasteiger partial charge in [0.25, 0.3) is 0 Å². The number of carbonyl (C=O) groups excluding carboxylic acids is 1. The second-order valence-corrected chi connectivity index (χ2v) is 6.65. The Hall–Kier alpha value is -3.86. The van der Waals surface area contributed by atoms with E-state index in [-0.39, 0.29) is 5.91 Å². The van der Waals surface area contributed by atoms with Crippen LogP contribution in [0.2, 0.25) is 0 Å². The zero-order chi connectivity index (χ0) is 18.9. The van der Waals surface area contributed by atoms with Gasteiger partial charge in [-0.15, -0.1) is 0 Å². The van der Waals surface area contributed by atoms with E-state index in [9.17, 15) is 4.79 Å². The average Bonchev–Trinajstić information content (AvgIpc) is 3.27. The van der Waals surface area contributed by atoms with Crippen LogP contribution in [0.5, 0.6) is 11.5 Å². The number of rotatable bonds is 3. The molecule has 1 aliphatic rings. The number of fused-ring (bicyclic) bond motifs is 2. The number of para-hydroxylation sites is 2. The molecule has 0 unspecified atom stereocenters. The lowest BCUT2D eigenvalue weighted by molar-refractivity contribution is -0.116. The van der Waals surface area contributed by atoms with Crippen molar-refractivity contribution in [2.75, 3.05) is 5.32 Å². The summed E-state index contributed by atoms with van der Waals surface area (Å²) in [5, 5.41) is 9.95. The number of nitrogens with one attached hydrogen (secondary N) is 2. The maximum atomic E-state index is 13.2. The van der Waals surface area contributed by atoms with E-state index < -0.39 is 5.92 Å². The van der Waals surface area contributed by atoms with E-state index >= 15 is 0 Å². The molecule has 0 radical (unpaired) electrons. The topological polar surface area (TPSA) is 67.0 Å². The minimum Gasteiger partial charge on any atom is -0.457 e. The predicted octanol–water partition coefficient (Wildman–Crippen LogP) is 4.95. The number of H-pyrrole nitrogens is 1. The monoisotopic (exact) mass is 367 g/mol. The minimum atomic E-state index is -0.423. The molecular weight excluding hydrogens is 350 g/mol. The van der Waals surface area contributed by atoms with Crippen molar-refractivity contribution in [1.82, 2.24) is 10.2 Å². The van der Waals surface area contributed by atoms with Gasteiger partial charge in [-0.3, -0.25) is 9.89 Å². The Balaban J connectivity index is 1.46. The van der Waals surface area contributed by atoms with E-state index in [1.54, 1.807) is 6.20 Å². The lowest BCUT2D eigenvalue weighted by Crippen LogP contribution is -2.25. The summed E-state index contributed by atoms with van der Waals surface area (Å²) in [4.78, 5) is 13.2. The van der Waals surface area contributed by atoms with Gasteiger partial charge >= 0.3 is 0 Å². The number of hydrogen-bond acceptors (Lipinski definition) is 3. The maximum Gasteiger partial charge on any atom is 0.236 e. The number of hydrogen-bond donors (Lipinski definition) is 2. The van der Waals surface area contributed by atoms with Gasteiger partial charge < -0.3 is 10.1 Å². The first-order valence-corrected chi connectivity index (χ1v) is 9.06. The van der Waals surface area contributed by atoms with Crippen LogP contribution in [-0.4, -0.2) is 16.1 Å². The van der Waals surface area contributed by atoms with Crippen LogP contribution in [0.15, 0.2) is 85.1 Å². The summed E-state index contributed by atoms with van der Waals surface area (Å²) >= 11 is 0. The molecule has 5 nitrogen and oxygen atoms in total. The smallest absolute Gasteiger partial charge is 0.236 e. The second kappa shape index (κ2) is 6.70. The van der Waals surface area contributed by atoms with Gasteiger partial charge in [0.1, 0.15) is 11.5 Å². The van der Waals surface area contributed by atoms with Gasteiger partial charge in [-0.25, -0.2) is 0 Å². The van der Waals surface area contributed by atoms with E-state index in [0.29, 0.717) is 0 Å². The summed E-state index contributed by atoms with van der Waals surface area (Å²) < 4.78 is 5.98. The van der Waals surface area contributed by atoms with E-state index in [2.05, 4.69) is 15.5 Å². The molecule has 0 bridgehead atoms. The number of benzene rings is 3. The highest BCUT2D eigenvalue weighted by atomic mass is 16.5. The highest BCUT2D eigenvalue weighted by Gasteiger charge is 2.32. The number of aromatic amines is 1. The zero-order valence-corrected chi connectivity index (χ0v) is 14.9. The van der Waals surface area contributed by atoms with E-state index in [1.807, 2.05) is 78.9 Å². The molecule has 0 saturated heterocycles. The molecule has 0 aliphatic carbocycles. The first kappa shape index (κ1) is 16.3. The quantitative estimate of drug-likeness (QED) is 0.538. The Bertz CT molecular complexity index is 1090. The summed E-state index contributed by atoms with van der Waals surface area (Å²) in [6.45, 7) is 0. The Morgan fingerprint density at radius 2 is 1.50 bits per heavy atom. The Morgan fingerprint density at radius 1 is 0.857 bits per heavy atom. The third-order valence-corrected chi connectivity index (χ3v) is 4.91. The van der Waals surface area contributed by atoms with Crippen LogP contribution in [0.25, 0.3) is 11.3 Å². The van der Waals surface area contributed by atoms with Gasteiger partial charge in [-0.1, -0.05) is 48.5 Å². The van der Waals surface area contributed by atoms with Crippen molar-refractivity contribution in [3.05, 3.63) is 96.2 Å². The van der Waals surface area contributed by atoms with Crippen molar-refractivity contribution in [1.29, 1.82) is 0 Å². The van der Waals surface area contributed by atoms with Crippen LogP contribution in [0.3, 0.4) is 0 Å². The van der Waals surface area contributed by atoms with Crippen LogP contribution >= 0.6 is 0 Å². The molecule has 0 spiro atoms. The number of ether oxygens (including phenoxy) is 1. The highest BCUT2D eigenvalue weighted by molar-refractivity contribution is 5.99. The van der Waals surface area contributed by atoms with Crippen molar-refractivity contribution in [2.24, 2.45) is 0 Å². The fourth-order valence-corrected chi connectivity index (χ4v) is 3.56. The number of carbonyl (C=O) groups is 1. The summed E-state index contributed by atoms with van der Waals surface area (Å²) in [5.74, 6) is 0.929. The SMILES string of the molecule is O=C(Nc1ccc(-c2ccn[nH]2)cc1)C1c2ccccc2Oc2ccccc21.